The number of nitrogens with zero attached hydrogens (tertiary/aromatic N) is 1. The van der Waals surface area contributed by atoms with E-state index in [0.717, 1.165) is 29.5 Å². The van der Waals surface area contributed by atoms with E-state index in [9.17, 15) is 4.79 Å². The van der Waals surface area contributed by atoms with E-state index >= 15 is 0 Å². The molecule has 1 aromatic rings. The summed E-state index contributed by atoms with van der Waals surface area (Å²) in [6.07, 6.45) is 2.01. The fourth-order valence-corrected chi connectivity index (χ4v) is 3.14. The van der Waals surface area contributed by atoms with Crippen molar-refractivity contribution in [3.63, 3.8) is 0 Å². The molecule has 1 aliphatic heterocycles. The Hall–Kier alpha value is -0.330. The first-order chi connectivity index (χ1) is 8.61. The van der Waals surface area contributed by atoms with Gasteiger partial charge in [-0.3, -0.25) is 4.79 Å². The molecule has 1 saturated heterocycles. The Morgan fingerprint density at radius 2 is 2.11 bits per heavy atom. The fraction of sp³-hybridized carbons (Fsp3) is 0.462. The number of hydrogen-bond acceptors (Lipinski definition) is 2. The van der Waals surface area contributed by atoms with Crippen molar-refractivity contribution in [3.05, 3.63) is 32.4 Å². The summed E-state index contributed by atoms with van der Waals surface area (Å²) in [4.78, 5) is 14.2. The molecule has 1 heterocycles. The molecule has 2 rings (SSSR count). The van der Waals surface area contributed by atoms with Crippen molar-refractivity contribution in [3.8, 4) is 0 Å². The molecule has 5 heteroatoms. The lowest BCUT2D eigenvalue weighted by molar-refractivity contribution is 0.0707. The van der Waals surface area contributed by atoms with Crippen LogP contribution in [0.15, 0.2) is 18.2 Å². The van der Waals surface area contributed by atoms with Crippen LogP contribution in [-0.4, -0.2) is 37.0 Å². The third kappa shape index (κ3) is 3.16. The van der Waals surface area contributed by atoms with Gasteiger partial charge in [-0.25, -0.2) is 0 Å². The van der Waals surface area contributed by atoms with E-state index in [-0.39, 0.29) is 5.91 Å². The summed E-state index contributed by atoms with van der Waals surface area (Å²) in [5, 5.41) is 3.80. The molecule has 1 aromatic carbocycles. The van der Waals surface area contributed by atoms with Crippen molar-refractivity contribution in [1.29, 1.82) is 0 Å². The standard InChI is InChI=1S/C13H16ClIN2O/c1-16-10-4-6-17(7-5-10)13(18)11-3-2-9(15)8-12(11)14/h2-3,8,10,16H,4-7H2,1H3. The molecule has 0 bridgehead atoms. The Balaban J connectivity index is 2.08. The van der Waals surface area contributed by atoms with Gasteiger partial charge >= 0.3 is 0 Å². The molecular weight excluding hydrogens is 363 g/mol. The third-order valence-corrected chi connectivity index (χ3v) is 4.34. The summed E-state index contributed by atoms with van der Waals surface area (Å²) in [6.45, 7) is 1.60. The van der Waals surface area contributed by atoms with E-state index in [4.69, 9.17) is 11.6 Å². The molecule has 0 unspecified atom stereocenters. The van der Waals surface area contributed by atoms with Crippen LogP contribution in [0.3, 0.4) is 0 Å². The van der Waals surface area contributed by atoms with E-state index in [1.54, 1.807) is 0 Å². The Morgan fingerprint density at radius 3 is 2.67 bits per heavy atom. The predicted molar refractivity (Wildman–Crippen MR) is 82.2 cm³/mol. The molecule has 98 valence electrons. The predicted octanol–water partition coefficient (Wildman–Crippen LogP) is 2.77. The van der Waals surface area contributed by atoms with Crippen molar-refractivity contribution in [2.75, 3.05) is 20.1 Å². The van der Waals surface area contributed by atoms with E-state index in [1.165, 1.54) is 0 Å². The molecule has 0 spiro atoms. The van der Waals surface area contributed by atoms with Crippen LogP contribution in [0.5, 0.6) is 0 Å². The van der Waals surface area contributed by atoms with Gasteiger partial charge in [0.05, 0.1) is 10.6 Å². The quantitative estimate of drug-likeness (QED) is 0.803. The number of amides is 1. The second-order valence-electron chi connectivity index (χ2n) is 4.48. The highest BCUT2D eigenvalue weighted by Gasteiger charge is 2.23. The number of carbonyl (C=O) groups excluding carboxylic acids is 1. The van der Waals surface area contributed by atoms with Crippen molar-refractivity contribution >= 4 is 40.1 Å². The minimum absolute atomic E-state index is 0.0472. The second kappa shape index (κ2) is 6.21. The van der Waals surface area contributed by atoms with E-state index in [2.05, 4.69) is 27.9 Å². The minimum Gasteiger partial charge on any atom is -0.338 e. The third-order valence-electron chi connectivity index (χ3n) is 3.35. The van der Waals surface area contributed by atoms with Gasteiger partial charge in [-0.1, -0.05) is 11.6 Å². The maximum Gasteiger partial charge on any atom is 0.255 e. The molecule has 0 aromatic heterocycles. The monoisotopic (exact) mass is 378 g/mol. The SMILES string of the molecule is CNC1CCN(C(=O)c2ccc(I)cc2Cl)CC1. The summed E-state index contributed by atoms with van der Waals surface area (Å²) < 4.78 is 1.04. The lowest BCUT2D eigenvalue weighted by Gasteiger charge is -2.32. The van der Waals surface area contributed by atoms with Gasteiger partial charge < -0.3 is 10.2 Å². The zero-order valence-corrected chi connectivity index (χ0v) is 13.2. The molecule has 0 radical (unpaired) electrons. The largest absolute Gasteiger partial charge is 0.338 e. The number of nitrogens with one attached hydrogen (secondary N) is 1. The van der Waals surface area contributed by atoms with E-state index in [0.29, 0.717) is 16.6 Å². The minimum atomic E-state index is 0.0472. The van der Waals surface area contributed by atoms with Crippen LogP contribution in [0.4, 0.5) is 0 Å². The van der Waals surface area contributed by atoms with Crippen LogP contribution in [-0.2, 0) is 0 Å². The van der Waals surface area contributed by atoms with Crippen LogP contribution in [0, 0.1) is 3.57 Å². The summed E-state index contributed by atoms with van der Waals surface area (Å²) in [7, 11) is 1.97. The van der Waals surface area contributed by atoms with Crippen molar-refractivity contribution in [2.45, 2.75) is 18.9 Å². The highest BCUT2D eigenvalue weighted by molar-refractivity contribution is 14.1. The first kappa shape index (κ1) is 14.1. The number of piperidine rings is 1. The molecular formula is C13H16ClIN2O. The summed E-state index contributed by atoms with van der Waals surface area (Å²) in [6, 6.07) is 6.09. The molecule has 0 aliphatic carbocycles. The highest BCUT2D eigenvalue weighted by atomic mass is 127. The van der Waals surface area contributed by atoms with E-state index in [1.807, 2.05) is 30.1 Å². The van der Waals surface area contributed by atoms with Crippen LogP contribution in [0.2, 0.25) is 5.02 Å². The van der Waals surface area contributed by atoms with E-state index < -0.39 is 0 Å². The maximum atomic E-state index is 12.3. The molecule has 0 saturated carbocycles. The number of hydrogen-bond donors (Lipinski definition) is 1. The summed E-state index contributed by atoms with van der Waals surface area (Å²) >= 11 is 8.32. The number of benzene rings is 1. The summed E-state index contributed by atoms with van der Waals surface area (Å²) in [5.41, 5.74) is 0.611. The van der Waals surface area contributed by atoms with Crippen LogP contribution >= 0.6 is 34.2 Å². The van der Waals surface area contributed by atoms with Crippen molar-refractivity contribution in [1.82, 2.24) is 10.2 Å². The van der Waals surface area contributed by atoms with Crippen molar-refractivity contribution in [2.24, 2.45) is 0 Å². The van der Waals surface area contributed by atoms with Gasteiger partial charge in [-0.15, -0.1) is 0 Å². The van der Waals surface area contributed by atoms with Crippen molar-refractivity contribution < 1.29 is 4.79 Å². The number of rotatable bonds is 2. The molecule has 1 fully saturated rings. The highest BCUT2D eigenvalue weighted by Crippen LogP contribution is 2.22. The second-order valence-corrected chi connectivity index (χ2v) is 6.13. The lowest BCUT2D eigenvalue weighted by Crippen LogP contribution is -2.44. The van der Waals surface area contributed by atoms with Crippen LogP contribution < -0.4 is 5.32 Å². The molecule has 1 N–H and O–H groups in total. The zero-order chi connectivity index (χ0) is 13.1. The Bertz CT molecular complexity index is 445. The van der Waals surface area contributed by atoms with Gasteiger partial charge in [-0.05, 0) is 60.7 Å². The average molecular weight is 379 g/mol. The Labute approximate surface area is 126 Å². The lowest BCUT2D eigenvalue weighted by atomic mass is 10.0. The number of halogens is 2. The molecule has 0 atom stereocenters. The van der Waals surface area contributed by atoms with Gasteiger partial charge in [0.1, 0.15) is 0 Å². The van der Waals surface area contributed by atoms with Gasteiger partial charge in [0, 0.05) is 22.7 Å². The van der Waals surface area contributed by atoms with Gasteiger partial charge in [0.25, 0.3) is 5.91 Å². The molecule has 18 heavy (non-hydrogen) atoms. The van der Waals surface area contributed by atoms with Crippen LogP contribution in [0.1, 0.15) is 23.2 Å². The first-order valence-electron chi connectivity index (χ1n) is 6.03. The van der Waals surface area contributed by atoms with Crippen LogP contribution in [0.25, 0.3) is 0 Å². The normalized spacial score (nSPS) is 16.9. The topological polar surface area (TPSA) is 32.3 Å². The Kier molecular flexibility index (Phi) is 4.86. The first-order valence-corrected chi connectivity index (χ1v) is 7.49. The number of carbonyl (C=O) groups is 1. The molecule has 1 amide bonds. The zero-order valence-electron chi connectivity index (χ0n) is 10.2. The smallest absolute Gasteiger partial charge is 0.255 e. The van der Waals surface area contributed by atoms with Gasteiger partial charge in [0.2, 0.25) is 0 Å². The van der Waals surface area contributed by atoms with Gasteiger partial charge in [0.15, 0.2) is 0 Å². The fourth-order valence-electron chi connectivity index (χ4n) is 2.20. The van der Waals surface area contributed by atoms with Gasteiger partial charge in [-0.2, -0.15) is 0 Å². The molecule has 1 aliphatic rings. The average Bonchev–Trinajstić information content (AvgIpc) is 2.38. The molecule has 3 nitrogen and oxygen atoms in total. The Morgan fingerprint density at radius 1 is 1.44 bits per heavy atom. The summed E-state index contributed by atoms with van der Waals surface area (Å²) in [5.74, 6) is 0.0472. The maximum absolute atomic E-state index is 12.3. The number of likely N-dealkylation sites (tertiary alicyclic amines) is 1.